The molecular formula is C30H25N3O4. The Morgan fingerprint density at radius 2 is 1.62 bits per heavy atom. The minimum Gasteiger partial charge on any atom is -0.496 e. The molecule has 1 aliphatic heterocycles. The fourth-order valence-electron chi connectivity index (χ4n) is 4.35. The molecule has 0 radical (unpaired) electrons. The Balaban J connectivity index is 1.77. The van der Waals surface area contributed by atoms with E-state index >= 15 is 0 Å². The fourth-order valence-corrected chi connectivity index (χ4v) is 4.35. The molecule has 2 amide bonds. The summed E-state index contributed by atoms with van der Waals surface area (Å²) in [6.07, 6.45) is 0. The summed E-state index contributed by atoms with van der Waals surface area (Å²) in [6.45, 7) is -0.0415. The minimum absolute atomic E-state index is 0.0415. The van der Waals surface area contributed by atoms with E-state index in [1.807, 2.05) is 72.8 Å². The van der Waals surface area contributed by atoms with Gasteiger partial charge < -0.3 is 20.1 Å². The maximum Gasteiger partial charge on any atom is 0.248 e. The molecule has 0 spiro atoms. The number of benzene rings is 4. The zero-order valence-corrected chi connectivity index (χ0v) is 20.5. The summed E-state index contributed by atoms with van der Waals surface area (Å²) in [5, 5.41) is 0. The Labute approximate surface area is 214 Å². The highest BCUT2D eigenvalue weighted by molar-refractivity contribution is 6.20. The Bertz CT molecular complexity index is 1530. The van der Waals surface area contributed by atoms with Crippen LogP contribution < -0.4 is 20.1 Å². The average molecular weight is 492 g/mol. The van der Waals surface area contributed by atoms with Crippen LogP contribution in [0.4, 0.5) is 5.69 Å². The largest absolute Gasteiger partial charge is 0.496 e. The zero-order chi connectivity index (χ0) is 25.9. The molecule has 37 heavy (non-hydrogen) atoms. The van der Waals surface area contributed by atoms with Crippen LogP contribution in [-0.2, 0) is 4.79 Å². The number of likely N-dealkylation sites (N-methyl/N-ethyl adjacent to an activating group) is 1. The van der Waals surface area contributed by atoms with E-state index in [0.717, 1.165) is 16.7 Å². The lowest BCUT2D eigenvalue weighted by atomic mass is 9.93. The smallest absolute Gasteiger partial charge is 0.248 e. The molecule has 1 heterocycles. The second kappa shape index (κ2) is 9.99. The van der Waals surface area contributed by atoms with Crippen molar-refractivity contribution in [2.45, 2.75) is 0 Å². The van der Waals surface area contributed by atoms with Crippen LogP contribution in [0.5, 0.6) is 17.2 Å². The van der Waals surface area contributed by atoms with Crippen LogP contribution in [0.1, 0.15) is 21.5 Å². The highest BCUT2D eigenvalue weighted by atomic mass is 16.5. The summed E-state index contributed by atoms with van der Waals surface area (Å²) in [5.74, 6) is 1.18. The molecule has 7 heteroatoms. The number of ether oxygens (including phenoxy) is 2. The molecule has 0 aliphatic carbocycles. The fraction of sp³-hybridized carbons (Fsp3) is 0.100. The molecule has 1 aliphatic rings. The first-order chi connectivity index (χ1) is 18.0. The summed E-state index contributed by atoms with van der Waals surface area (Å²) >= 11 is 0. The van der Waals surface area contributed by atoms with Gasteiger partial charge in [0.15, 0.2) is 0 Å². The van der Waals surface area contributed by atoms with E-state index in [2.05, 4.69) is 4.99 Å². The monoisotopic (exact) mass is 491 g/mol. The van der Waals surface area contributed by atoms with Crippen molar-refractivity contribution in [1.82, 2.24) is 0 Å². The number of rotatable bonds is 6. The molecule has 0 aromatic heterocycles. The molecule has 0 bridgehead atoms. The predicted molar refractivity (Wildman–Crippen MR) is 144 cm³/mol. The Morgan fingerprint density at radius 1 is 0.865 bits per heavy atom. The second-order valence-corrected chi connectivity index (χ2v) is 8.54. The van der Waals surface area contributed by atoms with Gasteiger partial charge in [-0.1, -0.05) is 48.5 Å². The van der Waals surface area contributed by atoms with Gasteiger partial charge in [0, 0.05) is 40.9 Å². The molecule has 5 rings (SSSR count). The van der Waals surface area contributed by atoms with Crippen LogP contribution in [0, 0.1) is 0 Å². The van der Waals surface area contributed by atoms with E-state index in [9.17, 15) is 9.59 Å². The number of anilines is 1. The quantitative estimate of drug-likeness (QED) is 0.408. The van der Waals surface area contributed by atoms with Gasteiger partial charge in [-0.2, -0.15) is 0 Å². The molecule has 7 nitrogen and oxygen atoms in total. The van der Waals surface area contributed by atoms with Crippen molar-refractivity contribution in [2.75, 3.05) is 25.6 Å². The molecule has 4 aromatic rings. The van der Waals surface area contributed by atoms with Crippen LogP contribution >= 0.6 is 0 Å². The van der Waals surface area contributed by atoms with Crippen LogP contribution in [0.3, 0.4) is 0 Å². The second-order valence-electron chi connectivity index (χ2n) is 8.54. The van der Waals surface area contributed by atoms with Crippen LogP contribution in [0.25, 0.3) is 11.1 Å². The van der Waals surface area contributed by atoms with Crippen LogP contribution in [0.15, 0.2) is 96.0 Å². The maximum atomic E-state index is 12.9. The Hall–Kier alpha value is -4.91. The molecule has 0 atom stereocenters. The number of para-hydroxylation sites is 2. The molecule has 0 fully saturated rings. The maximum absolute atomic E-state index is 12.9. The van der Waals surface area contributed by atoms with Crippen molar-refractivity contribution in [1.29, 1.82) is 0 Å². The van der Waals surface area contributed by atoms with Gasteiger partial charge in [0.1, 0.15) is 23.8 Å². The molecule has 0 saturated heterocycles. The summed E-state index contributed by atoms with van der Waals surface area (Å²) < 4.78 is 12.0. The summed E-state index contributed by atoms with van der Waals surface area (Å²) in [5.41, 5.74) is 10.1. The lowest BCUT2D eigenvalue weighted by molar-refractivity contribution is -0.116. The third-order valence-electron chi connectivity index (χ3n) is 6.25. The van der Waals surface area contributed by atoms with Gasteiger partial charge in [-0.05, 0) is 36.4 Å². The number of benzodiazepines with no additional fused rings is 1. The Morgan fingerprint density at radius 3 is 2.38 bits per heavy atom. The summed E-state index contributed by atoms with van der Waals surface area (Å²) in [7, 11) is 3.34. The number of primary amides is 1. The number of fused-ring (bicyclic) bond motifs is 1. The van der Waals surface area contributed by atoms with E-state index < -0.39 is 5.91 Å². The number of methoxy groups -OCH3 is 1. The first kappa shape index (κ1) is 23.8. The molecule has 184 valence electrons. The first-order valence-corrected chi connectivity index (χ1v) is 11.7. The first-order valence-electron chi connectivity index (χ1n) is 11.7. The van der Waals surface area contributed by atoms with Gasteiger partial charge in [-0.15, -0.1) is 0 Å². The Kier molecular flexibility index (Phi) is 6.43. The number of hydrogen-bond acceptors (Lipinski definition) is 5. The number of hydrogen-bond donors (Lipinski definition) is 1. The number of nitrogens with two attached hydrogens (primary N) is 1. The van der Waals surface area contributed by atoms with Gasteiger partial charge in [0.2, 0.25) is 11.8 Å². The summed E-state index contributed by atoms with van der Waals surface area (Å²) in [4.78, 5) is 31.0. The van der Waals surface area contributed by atoms with Crippen molar-refractivity contribution in [3.05, 3.63) is 108 Å². The van der Waals surface area contributed by atoms with E-state index in [1.54, 1.807) is 37.3 Å². The van der Waals surface area contributed by atoms with E-state index in [-0.39, 0.29) is 12.5 Å². The van der Waals surface area contributed by atoms with Crippen molar-refractivity contribution in [3.8, 4) is 28.4 Å². The highest BCUT2D eigenvalue weighted by Crippen LogP contribution is 2.43. The molecule has 0 unspecified atom stereocenters. The highest BCUT2D eigenvalue weighted by Gasteiger charge is 2.26. The number of aliphatic imine (C=N–C) groups is 1. The number of amides is 2. The topological polar surface area (TPSA) is 94.2 Å². The normalized spacial score (nSPS) is 12.9. The molecular weight excluding hydrogens is 466 g/mol. The molecule has 4 aromatic carbocycles. The van der Waals surface area contributed by atoms with Gasteiger partial charge in [-0.25, -0.2) is 0 Å². The minimum atomic E-state index is -0.536. The van der Waals surface area contributed by atoms with Crippen molar-refractivity contribution in [2.24, 2.45) is 10.7 Å². The third-order valence-corrected chi connectivity index (χ3v) is 6.25. The van der Waals surface area contributed by atoms with E-state index in [0.29, 0.717) is 39.8 Å². The van der Waals surface area contributed by atoms with Gasteiger partial charge in [-0.3, -0.25) is 14.6 Å². The lowest BCUT2D eigenvalue weighted by Gasteiger charge is -2.22. The molecule has 0 saturated carbocycles. The van der Waals surface area contributed by atoms with Crippen LogP contribution in [-0.4, -0.2) is 38.2 Å². The zero-order valence-electron chi connectivity index (χ0n) is 20.5. The summed E-state index contributed by atoms with van der Waals surface area (Å²) in [6, 6.07) is 27.9. The lowest BCUT2D eigenvalue weighted by Crippen LogP contribution is -2.27. The predicted octanol–water partition coefficient (Wildman–Crippen LogP) is 5.07. The standard InChI is InChI=1S/C30H25N3O4/c1-33-25-17-27(37-21-11-4-3-5-12-21)23(22-13-6-7-14-26(22)36-2)16-24(25)29(32-18-28(33)34)19-9-8-10-20(15-19)30(31)35/h3-17H,18H2,1-2H3,(H2,31,35). The molecule has 2 N–H and O–H groups in total. The third kappa shape index (κ3) is 4.67. The van der Waals surface area contributed by atoms with E-state index in [1.165, 1.54) is 0 Å². The van der Waals surface area contributed by atoms with Crippen molar-refractivity contribution in [3.63, 3.8) is 0 Å². The van der Waals surface area contributed by atoms with Gasteiger partial charge >= 0.3 is 0 Å². The number of nitrogens with zero attached hydrogens (tertiary/aromatic N) is 2. The SMILES string of the molecule is COc1ccccc1-c1cc2c(cc1Oc1ccccc1)N(C)C(=O)CN=C2c1cccc(C(N)=O)c1. The van der Waals surface area contributed by atoms with Gasteiger partial charge in [0.05, 0.1) is 18.5 Å². The van der Waals surface area contributed by atoms with Gasteiger partial charge in [0.25, 0.3) is 0 Å². The van der Waals surface area contributed by atoms with Crippen molar-refractivity contribution >= 4 is 23.2 Å². The number of carbonyl (C=O) groups excluding carboxylic acids is 2. The average Bonchev–Trinajstić information content (AvgIpc) is 3.04. The number of carbonyl (C=O) groups is 2. The van der Waals surface area contributed by atoms with Crippen LogP contribution in [0.2, 0.25) is 0 Å². The van der Waals surface area contributed by atoms with Crippen molar-refractivity contribution < 1.29 is 19.1 Å². The van der Waals surface area contributed by atoms with E-state index in [4.69, 9.17) is 15.2 Å².